The number of ether oxygens (including phenoxy) is 4. The third-order valence-corrected chi connectivity index (χ3v) is 14.6. The highest BCUT2D eigenvalue weighted by molar-refractivity contribution is 7.10. The normalized spacial score (nSPS) is 28.6. The lowest BCUT2D eigenvalue weighted by molar-refractivity contribution is -0.159. The van der Waals surface area contributed by atoms with Crippen molar-refractivity contribution in [2.45, 2.75) is 121 Å². The molecule has 0 spiro atoms. The average Bonchev–Trinajstić information content (AvgIpc) is 3.83. The van der Waals surface area contributed by atoms with Gasteiger partial charge in [-0.3, -0.25) is 24.5 Å². The van der Waals surface area contributed by atoms with Crippen LogP contribution >= 0.6 is 11.3 Å². The number of aryl methyl sites for hydroxylation is 1. The number of hydrogen-bond acceptors (Lipinski definition) is 12. The maximum Gasteiger partial charge on any atom is 0.324 e. The van der Waals surface area contributed by atoms with Crippen molar-refractivity contribution >= 4 is 34.1 Å². The highest BCUT2D eigenvalue weighted by Crippen LogP contribution is 2.45. The summed E-state index contributed by atoms with van der Waals surface area (Å²) >= 11 is 1.52. The molecule has 0 aliphatic carbocycles. The van der Waals surface area contributed by atoms with Crippen LogP contribution in [0.4, 0.5) is 0 Å². The van der Waals surface area contributed by atoms with Crippen molar-refractivity contribution in [3.05, 3.63) is 57.7 Å². The Morgan fingerprint density at radius 2 is 1.83 bits per heavy atom. The molecule has 1 aromatic carbocycles. The Kier molecular flexibility index (Phi) is 11.2. The summed E-state index contributed by atoms with van der Waals surface area (Å²) in [5.74, 6) is -0.592. The lowest BCUT2D eigenvalue weighted by Gasteiger charge is -2.53. The predicted molar refractivity (Wildman–Crippen MR) is 227 cm³/mol. The summed E-state index contributed by atoms with van der Waals surface area (Å²) in [5.41, 5.74) is 17.8. The van der Waals surface area contributed by atoms with Gasteiger partial charge in [0.05, 0.1) is 73.3 Å². The molecule has 4 saturated heterocycles. The van der Waals surface area contributed by atoms with Crippen molar-refractivity contribution < 1.29 is 28.5 Å². The highest BCUT2D eigenvalue weighted by Gasteiger charge is 2.45. The summed E-state index contributed by atoms with van der Waals surface area (Å²) in [6.45, 7) is 15.1. The topological polar surface area (TPSA) is 146 Å². The van der Waals surface area contributed by atoms with Crippen LogP contribution in [-0.4, -0.2) is 113 Å². The van der Waals surface area contributed by atoms with Gasteiger partial charge in [0.1, 0.15) is 6.04 Å². The molecule has 4 aromatic rings. The van der Waals surface area contributed by atoms with Gasteiger partial charge in [-0.15, -0.1) is 11.3 Å². The van der Waals surface area contributed by atoms with Crippen LogP contribution in [0.25, 0.3) is 33.4 Å². The Labute approximate surface area is 350 Å². The molecule has 14 heteroatoms. The second-order valence-corrected chi connectivity index (χ2v) is 19.1. The fraction of sp³-hybridized carbons (Fsp3) is 0.600. The number of rotatable bonds is 6. The number of carbonyl (C=O) groups is 2. The van der Waals surface area contributed by atoms with Crippen molar-refractivity contribution in [1.29, 1.82) is 0 Å². The number of benzene rings is 1. The van der Waals surface area contributed by atoms with Crippen LogP contribution in [0.5, 0.6) is 0 Å². The van der Waals surface area contributed by atoms with Gasteiger partial charge in [-0.25, -0.2) is 10.4 Å². The largest absolute Gasteiger partial charge is 0.464 e. The number of amides is 1. The van der Waals surface area contributed by atoms with Crippen LogP contribution in [0.15, 0.2) is 35.8 Å². The number of nitrogens with two attached hydrogens (primary N) is 1. The zero-order valence-corrected chi connectivity index (χ0v) is 36.1. The highest BCUT2D eigenvalue weighted by atomic mass is 32.1. The van der Waals surface area contributed by atoms with Gasteiger partial charge in [0, 0.05) is 77.2 Å². The molecule has 8 heterocycles. The second-order valence-electron chi connectivity index (χ2n) is 18.2. The third-order valence-electron chi connectivity index (χ3n) is 13.5. The number of methoxy groups -OCH3 is 1. The van der Waals surface area contributed by atoms with Gasteiger partial charge in [0.15, 0.2) is 0 Å². The lowest BCUT2D eigenvalue weighted by Crippen LogP contribution is -2.64. The van der Waals surface area contributed by atoms with E-state index in [2.05, 4.69) is 78.4 Å². The molecule has 5 aliphatic rings. The predicted octanol–water partition coefficient (Wildman–Crippen LogP) is 5.95. The van der Waals surface area contributed by atoms with E-state index in [0.29, 0.717) is 49.9 Å². The SMILES string of the molecule is CCn1c(-c2cc([C@H]3C[C@H]4COC[C@@H](C3)N4C3COC3)cnc2[C@H](C)OC)c2c3cc(ccc31)-c1csc(n1)[C@@H](C)[C@H](N)C(=O)N1CCC[C@H](N1)C(=O)OCC(C)(C)C2. The van der Waals surface area contributed by atoms with Crippen LogP contribution in [0, 0.1) is 5.41 Å². The number of esters is 1. The van der Waals surface area contributed by atoms with E-state index in [-0.39, 0.29) is 30.5 Å². The number of aromatic nitrogens is 3. The number of piperidine rings is 1. The fourth-order valence-electron chi connectivity index (χ4n) is 10.1. The van der Waals surface area contributed by atoms with Crippen LogP contribution < -0.4 is 11.2 Å². The maximum absolute atomic E-state index is 13.7. The van der Waals surface area contributed by atoms with Crippen molar-refractivity contribution in [1.82, 2.24) is 29.9 Å². The Hall–Kier alpha value is -3.76. The van der Waals surface area contributed by atoms with E-state index < -0.39 is 17.5 Å². The molecule has 8 bridgehead atoms. The minimum absolute atomic E-state index is 0.205. The standard InChI is InChI=1S/C45H59N7O6S/c1-7-50-38-11-10-27-15-33(38)35(17-45(4,5)24-58-44(54)36-9-8-12-51(49-36)43(53)39(46)25(2)42-48-37(27)23-59-42)41(50)34-16-29(18-47-40(34)26(3)55-6)28-13-30-19-56-20-31(14-28)52(30)32-21-57-22-32/h10-11,15-16,18,23,25-26,28,30-32,36,39,49H,7-9,12-14,17,19-22,24,46H2,1-6H3/t25-,26-,28-,30-,31+,36-,39-/m0/s1. The number of carbonyl (C=O) groups excluding carboxylic acids is 2. The summed E-state index contributed by atoms with van der Waals surface area (Å²) in [4.78, 5) is 40.4. The van der Waals surface area contributed by atoms with Gasteiger partial charge in [-0.05, 0) is 81.2 Å². The minimum Gasteiger partial charge on any atom is -0.464 e. The van der Waals surface area contributed by atoms with Gasteiger partial charge < -0.3 is 29.2 Å². The number of pyridine rings is 1. The maximum atomic E-state index is 13.7. The molecule has 3 N–H and O–H groups in total. The molecule has 0 saturated carbocycles. The molecule has 1 amide bonds. The molecule has 5 aliphatic heterocycles. The van der Waals surface area contributed by atoms with E-state index in [1.807, 2.05) is 6.92 Å². The summed E-state index contributed by atoms with van der Waals surface area (Å²) in [6.07, 6.45) is 5.75. The molecule has 59 heavy (non-hydrogen) atoms. The molecule has 13 nitrogen and oxygen atoms in total. The van der Waals surface area contributed by atoms with Crippen molar-refractivity contribution in [3.63, 3.8) is 0 Å². The number of cyclic esters (lactones) is 1. The molecule has 0 unspecified atom stereocenters. The Bertz CT molecular complexity index is 2200. The number of fused-ring (bicyclic) bond motifs is 8. The van der Waals surface area contributed by atoms with E-state index in [1.54, 1.807) is 7.11 Å². The first-order valence-corrected chi connectivity index (χ1v) is 22.4. The molecule has 3 aromatic heterocycles. The molecule has 0 radical (unpaired) electrons. The quantitative estimate of drug-likeness (QED) is 0.223. The summed E-state index contributed by atoms with van der Waals surface area (Å²) < 4.78 is 26.3. The smallest absolute Gasteiger partial charge is 0.324 e. The van der Waals surface area contributed by atoms with Gasteiger partial charge in [-0.1, -0.05) is 26.8 Å². The van der Waals surface area contributed by atoms with Gasteiger partial charge in [0.25, 0.3) is 5.91 Å². The van der Waals surface area contributed by atoms with Crippen LogP contribution in [0.3, 0.4) is 0 Å². The first kappa shape index (κ1) is 40.6. The Morgan fingerprint density at radius 3 is 2.54 bits per heavy atom. The Morgan fingerprint density at radius 1 is 1.08 bits per heavy atom. The number of nitrogens with one attached hydrogen (secondary N) is 1. The van der Waals surface area contributed by atoms with E-state index in [4.69, 9.17) is 34.6 Å². The monoisotopic (exact) mass is 825 g/mol. The number of nitrogens with zero attached hydrogens (tertiary/aromatic N) is 5. The van der Waals surface area contributed by atoms with E-state index in [9.17, 15) is 9.59 Å². The summed E-state index contributed by atoms with van der Waals surface area (Å²) in [6, 6.07) is 8.75. The van der Waals surface area contributed by atoms with E-state index in [1.165, 1.54) is 27.5 Å². The first-order chi connectivity index (χ1) is 28.4. The first-order valence-electron chi connectivity index (χ1n) is 21.5. The molecule has 9 rings (SSSR count). The van der Waals surface area contributed by atoms with Crippen LogP contribution in [0.1, 0.15) is 100 Å². The Balaban J connectivity index is 1.18. The average molecular weight is 826 g/mol. The molecule has 7 atom stereocenters. The van der Waals surface area contributed by atoms with E-state index >= 15 is 0 Å². The number of hydrogen-bond donors (Lipinski definition) is 2. The molecular weight excluding hydrogens is 767 g/mol. The van der Waals surface area contributed by atoms with Crippen molar-refractivity contribution in [2.75, 3.05) is 46.7 Å². The van der Waals surface area contributed by atoms with Crippen molar-refractivity contribution in [3.8, 4) is 22.5 Å². The van der Waals surface area contributed by atoms with Gasteiger partial charge >= 0.3 is 5.97 Å². The van der Waals surface area contributed by atoms with Gasteiger partial charge in [-0.2, -0.15) is 0 Å². The van der Waals surface area contributed by atoms with Crippen LogP contribution in [0.2, 0.25) is 0 Å². The summed E-state index contributed by atoms with van der Waals surface area (Å²) in [7, 11) is 1.75. The zero-order chi connectivity index (χ0) is 41.2. The summed E-state index contributed by atoms with van der Waals surface area (Å²) in [5, 5.41) is 5.50. The van der Waals surface area contributed by atoms with Gasteiger partial charge in [0.2, 0.25) is 0 Å². The lowest BCUT2D eigenvalue weighted by atomic mass is 9.79. The van der Waals surface area contributed by atoms with E-state index in [0.717, 1.165) is 89.9 Å². The zero-order valence-electron chi connectivity index (χ0n) is 35.2. The minimum atomic E-state index is -0.824. The van der Waals surface area contributed by atoms with Crippen molar-refractivity contribution in [2.24, 2.45) is 11.1 Å². The molecule has 316 valence electrons. The number of hydrazine groups is 1. The molecule has 4 fully saturated rings. The fourth-order valence-corrected chi connectivity index (χ4v) is 11.1. The molecular formula is C45H59N7O6S. The number of morpholine rings is 1. The van der Waals surface area contributed by atoms with Crippen LogP contribution in [-0.2, 0) is 41.5 Å². The second kappa shape index (κ2) is 16.3. The number of thiazole rings is 1. The third kappa shape index (κ3) is 7.53.